The van der Waals surface area contributed by atoms with Gasteiger partial charge in [0.25, 0.3) is 5.91 Å². The van der Waals surface area contributed by atoms with Crippen LogP contribution in [-0.4, -0.2) is 36.2 Å². The highest BCUT2D eigenvalue weighted by Crippen LogP contribution is 2.33. The summed E-state index contributed by atoms with van der Waals surface area (Å²) in [7, 11) is 0. The van der Waals surface area contributed by atoms with E-state index in [4.69, 9.17) is 10.5 Å². The summed E-state index contributed by atoms with van der Waals surface area (Å²) in [5.74, 6) is -1.53. The molecule has 20 heavy (non-hydrogen) atoms. The number of rotatable bonds is 4. The maximum Gasteiger partial charge on any atom is 0.313 e. The molecule has 1 aromatic carbocycles. The number of primary amides is 1. The van der Waals surface area contributed by atoms with E-state index in [-0.39, 0.29) is 13.2 Å². The van der Waals surface area contributed by atoms with E-state index in [1.807, 2.05) is 0 Å². The topological polar surface area (TPSA) is 102 Å². The number of ether oxygens (including phenoxy) is 1. The number of carbonyl (C=O) groups excluding carboxylic acids is 1. The van der Waals surface area contributed by atoms with Gasteiger partial charge in [0.15, 0.2) is 0 Å². The lowest BCUT2D eigenvalue weighted by atomic mass is 9.85. The number of benzene rings is 1. The Morgan fingerprint density at radius 2 is 2.25 bits per heavy atom. The van der Waals surface area contributed by atoms with E-state index in [1.165, 1.54) is 0 Å². The number of nitrogens with one attached hydrogen (secondary N) is 1. The van der Waals surface area contributed by atoms with Crippen molar-refractivity contribution < 1.29 is 19.4 Å². The highest BCUT2D eigenvalue weighted by atomic mass is 79.9. The summed E-state index contributed by atoms with van der Waals surface area (Å²) >= 11 is 3.27. The first-order valence-corrected chi connectivity index (χ1v) is 6.81. The van der Waals surface area contributed by atoms with Crippen LogP contribution >= 0.6 is 15.9 Å². The van der Waals surface area contributed by atoms with Gasteiger partial charge in [-0.25, -0.2) is 0 Å². The number of nitrogens with two attached hydrogens (primary N) is 1. The molecule has 0 radical (unpaired) electrons. The number of halogens is 1. The van der Waals surface area contributed by atoms with Crippen LogP contribution in [-0.2, 0) is 9.53 Å². The van der Waals surface area contributed by atoms with E-state index in [0.29, 0.717) is 15.7 Å². The Balaban J connectivity index is 2.33. The minimum Gasteiger partial charge on any atom is -0.481 e. The first kappa shape index (κ1) is 14.8. The lowest BCUT2D eigenvalue weighted by Crippen LogP contribution is -2.43. The largest absolute Gasteiger partial charge is 0.481 e. The van der Waals surface area contributed by atoms with Gasteiger partial charge in [-0.3, -0.25) is 9.59 Å². The number of anilines is 1. The molecule has 2 rings (SSSR count). The first-order valence-electron chi connectivity index (χ1n) is 6.02. The smallest absolute Gasteiger partial charge is 0.313 e. The van der Waals surface area contributed by atoms with Crippen LogP contribution in [0.5, 0.6) is 0 Å². The molecule has 4 N–H and O–H groups in total. The summed E-state index contributed by atoms with van der Waals surface area (Å²) < 4.78 is 5.83. The molecule has 0 aromatic heterocycles. The lowest BCUT2D eigenvalue weighted by molar-refractivity contribution is -0.148. The highest BCUT2D eigenvalue weighted by molar-refractivity contribution is 9.10. The molecule has 1 aromatic rings. The Hall–Kier alpha value is -1.60. The van der Waals surface area contributed by atoms with Gasteiger partial charge in [-0.15, -0.1) is 0 Å². The van der Waals surface area contributed by atoms with Gasteiger partial charge in [0.2, 0.25) is 0 Å². The Morgan fingerprint density at radius 1 is 1.55 bits per heavy atom. The molecular formula is C13H15BrN2O4. The van der Waals surface area contributed by atoms with E-state index in [9.17, 15) is 14.7 Å². The molecule has 1 amide bonds. The second-order valence-electron chi connectivity index (χ2n) is 4.96. The average molecular weight is 343 g/mol. The molecule has 0 bridgehead atoms. The molecule has 0 spiro atoms. The molecule has 1 saturated heterocycles. The highest BCUT2D eigenvalue weighted by Gasteiger charge is 2.46. The number of hydrogen-bond acceptors (Lipinski definition) is 4. The van der Waals surface area contributed by atoms with Crippen LogP contribution in [0, 0.1) is 5.41 Å². The number of aliphatic carboxylic acids is 1. The van der Waals surface area contributed by atoms with Gasteiger partial charge in [-0.2, -0.15) is 0 Å². The Labute approximate surface area is 124 Å². The minimum absolute atomic E-state index is 0.125. The van der Waals surface area contributed by atoms with Gasteiger partial charge >= 0.3 is 5.97 Å². The number of amides is 1. The fourth-order valence-corrected chi connectivity index (χ4v) is 2.73. The van der Waals surface area contributed by atoms with Gasteiger partial charge in [0.05, 0.1) is 24.8 Å². The fraction of sp³-hybridized carbons (Fsp3) is 0.385. The Kier molecular flexibility index (Phi) is 4.01. The zero-order valence-electron chi connectivity index (χ0n) is 10.9. The van der Waals surface area contributed by atoms with E-state index in [2.05, 4.69) is 21.2 Å². The predicted octanol–water partition coefficient (Wildman–Crippen LogP) is 1.45. The molecule has 0 saturated carbocycles. The molecule has 1 aliphatic rings. The molecule has 2 atom stereocenters. The van der Waals surface area contributed by atoms with Crippen LogP contribution in [0.25, 0.3) is 0 Å². The van der Waals surface area contributed by atoms with Crippen molar-refractivity contribution in [2.24, 2.45) is 11.1 Å². The van der Waals surface area contributed by atoms with Crippen LogP contribution in [0.2, 0.25) is 0 Å². The van der Waals surface area contributed by atoms with Crippen molar-refractivity contribution in [1.82, 2.24) is 0 Å². The predicted molar refractivity (Wildman–Crippen MR) is 76.6 cm³/mol. The van der Waals surface area contributed by atoms with E-state index < -0.39 is 23.3 Å². The second-order valence-corrected chi connectivity index (χ2v) is 5.82. The van der Waals surface area contributed by atoms with Gasteiger partial charge in [-0.05, 0) is 35.0 Å². The number of hydrogen-bond donors (Lipinski definition) is 3. The van der Waals surface area contributed by atoms with E-state index in [1.54, 1.807) is 25.1 Å². The summed E-state index contributed by atoms with van der Waals surface area (Å²) in [6, 6.07) is 4.69. The molecule has 2 unspecified atom stereocenters. The fourth-order valence-electron chi connectivity index (χ4n) is 2.17. The van der Waals surface area contributed by atoms with Crippen molar-refractivity contribution in [3.8, 4) is 0 Å². The van der Waals surface area contributed by atoms with Crippen LogP contribution in [0.1, 0.15) is 17.3 Å². The maximum absolute atomic E-state index is 11.5. The van der Waals surface area contributed by atoms with Crippen molar-refractivity contribution in [3.63, 3.8) is 0 Å². The number of carboxylic acid groups (broad SMARTS) is 1. The van der Waals surface area contributed by atoms with Crippen molar-refractivity contribution in [3.05, 3.63) is 28.2 Å². The SMILES string of the molecule is CC1(C(=O)O)COCC1Nc1cccc(Br)c1C(N)=O. The van der Waals surface area contributed by atoms with Crippen molar-refractivity contribution in [2.45, 2.75) is 13.0 Å². The van der Waals surface area contributed by atoms with E-state index >= 15 is 0 Å². The van der Waals surface area contributed by atoms with Crippen LogP contribution < -0.4 is 11.1 Å². The van der Waals surface area contributed by atoms with Gasteiger partial charge < -0.3 is 20.9 Å². The Morgan fingerprint density at radius 3 is 2.85 bits per heavy atom. The molecule has 1 aliphatic heterocycles. The number of carbonyl (C=O) groups is 2. The molecule has 108 valence electrons. The van der Waals surface area contributed by atoms with Crippen molar-refractivity contribution >= 4 is 33.5 Å². The van der Waals surface area contributed by atoms with Crippen LogP contribution in [0.4, 0.5) is 5.69 Å². The monoisotopic (exact) mass is 342 g/mol. The summed E-state index contributed by atoms with van der Waals surface area (Å²) in [4.78, 5) is 22.9. The second kappa shape index (κ2) is 5.41. The zero-order valence-corrected chi connectivity index (χ0v) is 12.4. The molecule has 7 heteroatoms. The Bertz CT molecular complexity index is 563. The summed E-state index contributed by atoms with van der Waals surface area (Å²) in [6.07, 6.45) is 0. The normalized spacial score (nSPS) is 25.4. The van der Waals surface area contributed by atoms with Crippen molar-refractivity contribution in [1.29, 1.82) is 0 Å². The average Bonchev–Trinajstić information content (AvgIpc) is 2.72. The molecular weight excluding hydrogens is 328 g/mol. The molecule has 6 nitrogen and oxygen atoms in total. The van der Waals surface area contributed by atoms with E-state index in [0.717, 1.165) is 0 Å². The summed E-state index contributed by atoms with van der Waals surface area (Å²) in [6.45, 7) is 2.00. The third-order valence-electron chi connectivity index (χ3n) is 3.53. The minimum atomic E-state index is -1.04. The standard InChI is InChI=1S/C13H15BrN2O4/c1-13(12(18)19)6-20-5-9(13)16-8-4-2-3-7(14)10(8)11(15)17/h2-4,9,16H,5-6H2,1H3,(H2,15,17)(H,18,19). The van der Waals surface area contributed by atoms with Gasteiger partial charge in [0.1, 0.15) is 5.41 Å². The molecule has 1 fully saturated rings. The van der Waals surface area contributed by atoms with Crippen LogP contribution in [0.3, 0.4) is 0 Å². The zero-order chi connectivity index (χ0) is 14.9. The van der Waals surface area contributed by atoms with Crippen molar-refractivity contribution in [2.75, 3.05) is 18.5 Å². The van der Waals surface area contributed by atoms with Gasteiger partial charge in [-0.1, -0.05) is 6.07 Å². The summed E-state index contributed by atoms with van der Waals surface area (Å²) in [5, 5.41) is 12.4. The molecule has 0 aliphatic carbocycles. The third-order valence-corrected chi connectivity index (χ3v) is 4.19. The lowest BCUT2D eigenvalue weighted by Gasteiger charge is -2.27. The summed E-state index contributed by atoms with van der Waals surface area (Å²) in [5.41, 5.74) is 5.11. The number of carboxylic acids is 1. The third kappa shape index (κ3) is 2.51. The first-order chi connectivity index (χ1) is 9.36. The maximum atomic E-state index is 11.5. The molecule has 1 heterocycles. The van der Waals surface area contributed by atoms with Gasteiger partial charge in [0, 0.05) is 10.2 Å². The quantitative estimate of drug-likeness (QED) is 0.768. The van der Waals surface area contributed by atoms with Crippen LogP contribution in [0.15, 0.2) is 22.7 Å².